The molecule has 2 heteroatoms. The average molecular weight is 266 g/mol. The second-order valence-electron chi connectivity index (χ2n) is 4.88. The van der Waals surface area contributed by atoms with Crippen molar-refractivity contribution < 1.29 is 9.47 Å². The lowest BCUT2D eigenvalue weighted by Crippen LogP contribution is -1.99. The third kappa shape index (κ3) is 2.07. The summed E-state index contributed by atoms with van der Waals surface area (Å²) < 4.78 is 11.3. The molecule has 0 unspecified atom stereocenters. The fourth-order valence-electron chi connectivity index (χ4n) is 2.77. The largest absolute Gasteiger partial charge is 0.492 e. The third-order valence-electron chi connectivity index (χ3n) is 3.75. The van der Waals surface area contributed by atoms with E-state index in [9.17, 15) is 0 Å². The fraction of sp³-hybridized carbons (Fsp3) is 0.222. The van der Waals surface area contributed by atoms with Crippen LogP contribution in [0.5, 0.6) is 11.5 Å². The summed E-state index contributed by atoms with van der Waals surface area (Å²) in [5.41, 5.74) is 4.77. The van der Waals surface area contributed by atoms with Gasteiger partial charge in [0.15, 0.2) is 11.5 Å². The first kappa shape index (κ1) is 12.8. The van der Waals surface area contributed by atoms with Gasteiger partial charge in [0.1, 0.15) is 0 Å². The van der Waals surface area contributed by atoms with Crippen LogP contribution in [-0.2, 0) is 0 Å². The maximum absolute atomic E-state index is 5.64. The Labute approximate surface area is 119 Å². The van der Waals surface area contributed by atoms with Crippen molar-refractivity contribution in [2.45, 2.75) is 12.8 Å². The molecule has 0 spiro atoms. The summed E-state index contributed by atoms with van der Waals surface area (Å²) in [6, 6.07) is 4.27. The molecule has 0 saturated heterocycles. The van der Waals surface area contributed by atoms with Crippen LogP contribution in [0.4, 0.5) is 0 Å². The topological polar surface area (TPSA) is 18.5 Å². The van der Waals surface area contributed by atoms with Crippen molar-refractivity contribution >= 4 is 11.1 Å². The Kier molecular flexibility index (Phi) is 3.46. The zero-order chi connectivity index (χ0) is 13.9. The van der Waals surface area contributed by atoms with Crippen molar-refractivity contribution in [3.05, 3.63) is 59.7 Å². The summed E-state index contributed by atoms with van der Waals surface area (Å²) >= 11 is 0. The highest BCUT2D eigenvalue weighted by Crippen LogP contribution is 2.43. The van der Waals surface area contributed by atoms with E-state index >= 15 is 0 Å². The number of hydrogen-bond acceptors (Lipinski definition) is 2. The number of allylic oxidation sites excluding steroid dienone is 8. The third-order valence-corrected chi connectivity index (χ3v) is 3.75. The summed E-state index contributed by atoms with van der Waals surface area (Å²) in [4.78, 5) is 0. The Morgan fingerprint density at radius 1 is 0.750 bits per heavy atom. The van der Waals surface area contributed by atoms with Crippen LogP contribution >= 0.6 is 0 Å². The minimum absolute atomic E-state index is 0.827. The quantitative estimate of drug-likeness (QED) is 0.804. The van der Waals surface area contributed by atoms with E-state index in [1.165, 1.54) is 11.1 Å². The molecular formula is C18H18O2. The normalized spacial score (nSPS) is 16.3. The molecule has 0 N–H and O–H groups in total. The number of rotatable bonds is 4. The first-order chi connectivity index (χ1) is 9.85. The summed E-state index contributed by atoms with van der Waals surface area (Å²) in [5, 5.41) is 0. The molecule has 0 radical (unpaired) electrons. The van der Waals surface area contributed by atoms with Crippen molar-refractivity contribution in [1.29, 1.82) is 0 Å². The van der Waals surface area contributed by atoms with Crippen molar-refractivity contribution in [2.75, 3.05) is 14.2 Å². The van der Waals surface area contributed by atoms with Crippen molar-refractivity contribution in [1.82, 2.24) is 0 Å². The van der Waals surface area contributed by atoms with Gasteiger partial charge in [-0.3, -0.25) is 0 Å². The zero-order valence-electron chi connectivity index (χ0n) is 11.8. The molecule has 3 rings (SSSR count). The molecule has 2 aliphatic carbocycles. The van der Waals surface area contributed by atoms with E-state index in [0.717, 1.165) is 35.5 Å². The highest BCUT2D eigenvalue weighted by molar-refractivity contribution is 5.83. The standard InChI is InChI=1S/C18H18O2/c1-19-17-15(13-7-3-4-8-13)11-12-16(18(17)20-2)14-9-5-6-10-14/h3-7,9,11-12H,8,10H2,1-2H3. The predicted octanol–water partition coefficient (Wildman–Crippen LogP) is 4.39. The van der Waals surface area contributed by atoms with E-state index in [4.69, 9.17) is 9.47 Å². The summed E-state index contributed by atoms with van der Waals surface area (Å²) in [6.07, 6.45) is 14.6. The van der Waals surface area contributed by atoms with Crippen LogP contribution in [-0.4, -0.2) is 14.2 Å². The van der Waals surface area contributed by atoms with Crippen LogP contribution in [0.3, 0.4) is 0 Å². The minimum Gasteiger partial charge on any atom is -0.492 e. The molecule has 0 aliphatic heterocycles. The van der Waals surface area contributed by atoms with Crippen molar-refractivity contribution in [3.8, 4) is 11.5 Å². The Morgan fingerprint density at radius 3 is 1.50 bits per heavy atom. The van der Waals surface area contributed by atoms with Gasteiger partial charge in [-0.05, 0) is 24.0 Å². The molecule has 0 atom stereocenters. The second-order valence-corrected chi connectivity index (χ2v) is 4.88. The van der Waals surface area contributed by atoms with Gasteiger partial charge in [0.05, 0.1) is 14.2 Å². The first-order valence-corrected chi connectivity index (χ1v) is 6.82. The van der Waals surface area contributed by atoms with Crippen molar-refractivity contribution in [2.24, 2.45) is 0 Å². The van der Waals surface area contributed by atoms with E-state index in [-0.39, 0.29) is 0 Å². The number of benzene rings is 1. The highest BCUT2D eigenvalue weighted by Gasteiger charge is 2.20. The number of ether oxygens (including phenoxy) is 2. The number of hydrogen-bond donors (Lipinski definition) is 0. The molecule has 0 bridgehead atoms. The lowest BCUT2D eigenvalue weighted by atomic mass is 9.97. The van der Waals surface area contributed by atoms with Gasteiger partial charge in [0, 0.05) is 11.1 Å². The number of methoxy groups -OCH3 is 2. The van der Waals surface area contributed by atoms with Crippen LogP contribution in [0.25, 0.3) is 11.1 Å². The van der Waals surface area contributed by atoms with Crippen LogP contribution in [0, 0.1) is 0 Å². The van der Waals surface area contributed by atoms with E-state index in [1.807, 2.05) is 0 Å². The van der Waals surface area contributed by atoms with Gasteiger partial charge in [0.2, 0.25) is 0 Å². The first-order valence-electron chi connectivity index (χ1n) is 6.82. The smallest absolute Gasteiger partial charge is 0.168 e. The predicted molar refractivity (Wildman–Crippen MR) is 83.0 cm³/mol. The van der Waals surface area contributed by atoms with E-state index in [1.54, 1.807) is 14.2 Å². The summed E-state index contributed by atoms with van der Waals surface area (Å²) in [7, 11) is 3.41. The minimum atomic E-state index is 0.827. The van der Waals surface area contributed by atoms with Crippen molar-refractivity contribution in [3.63, 3.8) is 0 Å². The molecule has 102 valence electrons. The summed E-state index contributed by atoms with van der Waals surface area (Å²) in [6.45, 7) is 0. The lowest BCUT2D eigenvalue weighted by Gasteiger charge is -2.17. The van der Waals surface area contributed by atoms with Gasteiger partial charge in [-0.2, -0.15) is 0 Å². The molecule has 1 aromatic rings. The molecule has 0 heterocycles. The maximum Gasteiger partial charge on any atom is 0.168 e. The highest BCUT2D eigenvalue weighted by atomic mass is 16.5. The van der Waals surface area contributed by atoms with Crippen LogP contribution < -0.4 is 9.47 Å². The fourth-order valence-corrected chi connectivity index (χ4v) is 2.77. The molecule has 0 amide bonds. The van der Waals surface area contributed by atoms with Gasteiger partial charge < -0.3 is 9.47 Å². The Morgan fingerprint density at radius 2 is 1.20 bits per heavy atom. The lowest BCUT2D eigenvalue weighted by molar-refractivity contribution is 0.353. The maximum atomic E-state index is 5.64. The molecule has 1 aromatic carbocycles. The van der Waals surface area contributed by atoms with Crippen LogP contribution in [0.15, 0.2) is 48.6 Å². The molecule has 0 aromatic heterocycles. The molecule has 0 fully saturated rings. The summed E-state index contributed by atoms with van der Waals surface area (Å²) in [5.74, 6) is 1.65. The Balaban J connectivity index is 2.11. The van der Waals surface area contributed by atoms with Gasteiger partial charge in [0.25, 0.3) is 0 Å². The van der Waals surface area contributed by atoms with Crippen LogP contribution in [0.2, 0.25) is 0 Å². The van der Waals surface area contributed by atoms with Gasteiger partial charge >= 0.3 is 0 Å². The molecule has 0 saturated carbocycles. The second kappa shape index (κ2) is 5.41. The van der Waals surface area contributed by atoms with Gasteiger partial charge in [-0.15, -0.1) is 0 Å². The molecule has 2 nitrogen and oxygen atoms in total. The van der Waals surface area contributed by atoms with Crippen LogP contribution in [0.1, 0.15) is 24.0 Å². The average Bonchev–Trinajstić information content (AvgIpc) is 3.18. The van der Waals surface area contributed by atoms with E-state index in [2.05, 4.69) is 48.6 Å². The van der Waals surface area contributed by atoms with Gasteiger partial charge in [-0.25, -0.2) is 0 Å². The molecule has 2 aliphatic rings. The van der Waals surface area contributed by atoms with Gasteiger partial charge in [-0.1, -0.05) is 48.6 Å². The van der Waals surface area contributed by atoms with E-state index in [0.29, 0.717) is 0 Å². The Hall–Kier alpha value is -2.22. The molecular weight excluding hydrogens is 248 g/mol. The van der Waals surface area contributed by atoms with E-state index < -0.39 is 0 Å². The zero-order valence-corrected chi connectivity index (χ0v) is 11.8. The Bertz CT molecular complexity index is 589. The molecule has 20 heavy (non-hydrogen) atoms. The SMILES string of the molecule is COc1c(C2=CC=CC2)ccc(C2=CC=CC2)c1OC. The monoisotopic (exact) mass is 266 g/mol.